The minimum Gasteiger partial charge on any atom is -0.356 e. The minimum absolute atomic E-state index is 0.124. The molecule has 0 spiro atoms. The highest BCUT2D eigenvalue weighted by molar-refractivity contribution is 5.78. The summed E-state index contributed by atoms with van der Waals surface area (Å²) in [7, 11) is 0. The molecule has 1 fully saturated rings. The summed E-state index contributed by atoms with van der Waals surface area (Å²) < 4.78 is 0. The van der Waals surface area contributed by atoms with Crippen LogP contribution in [-0.2, 0) is 4.79 Å². The van der Waals surface area contributed by atoms with Crippen LogP contribution in [0.4, 0.5) is 0 Å². The van der Waals surface area contributed by atoms with Crippen molar-refractivity contribution >= 4 is 5.91 Å². The number of hydrogen-bond donors (Lipinski definition) is 2. The van der Waals surface area contributed by atoms with E-state index in [0.717, 1.165) is 44.1 Å². The lowest BCUT2D eigenvalue weighted by Gasteiger charge is -2.26. The number of amides is 1. The Balaban J connectivity index is 2.09. The van der Waals surface area contributed by atoms with Crippen molar-refractivity contribution in [3.63, 3.8) is 0 Å². The number of hydrogen-bond acceptors (Lipinski definition) is 2. The summed E-state index contributed by atoms with van der Waals surface area (Å²) >= 11 is 0. The van der Waals surface area contributed by atoms with Crippen LogP contribution in [0.2, 0.25) is 0 Å². The molecule has 0 saturated heterocycles. The van der Waals surface area contributed by atoms with Crippen LogP contribution in [0.5, 0.6) is 0 Å². The SMILES string of the molecule is CC(N)CCCC(C)C(=O)NCCC1CCCC(C)C1. The summed E-state index contributed by atoms with van der Waals surface area (Å²) in [5.74, 6) is 2.05. The zero-order chi connectivity index (χ0) is 15.0. The molecule has 0 bridgehead atoms. The molecule has 0 aromatic rings. The van der Waals surface area contributed by atoms with E-state index in [4.69, 9.17) is 5.73 Å². The van der Waals surface area contributed by atoms with Crippen LogP contribution in [0, 0.1) is 17.8 Å². The number of nitrogens with two attached hydrogens (primary N) is 1. The molecule has 1 aliphatic carbocycles. The highest BCUT2D eigenvalue weighted by Gasteiger charge is 2.19. The Labute approximate surface area is 125 Å². The zero-order valence-electron chi connectivity index (χ0n) is 13.7. The Hall–Kier alpha value is -0.570. The quantitative estimate of drug-likeness (QED) is 0.716. The molecule has 0 radical (unpaired) electrons. The van der Waals surface area contributed by atoms with Crippen molar-refractivity contribution in [2.24, 2.45) is 23.5 Å². The first-order valence-corrected chi connectivity index (χ1v) is 8.52. The molecular formula is C17H34N2O. The van der Waals surface area contributed by atoms with Crippen molar-refractivity contribution in [1.82, 2.24) is 5.32 Å². The third-order valence-electron chi connectivity index (χ3n) is 4.64. The summed E-state index contributed by atoms with van der Waals surface area (Å²) in [4.78, 5) is 12.0. The van der Waals surface area contributed by atoms with Gasteiger partial charge in [0.15, 0.2) is 0 Å². The fourth-order valence-electron chi connectivity index (χ4n) is 3.27. The highest BCUT2D eigenvalue weighted by Crippen LogP contribution is 2.30. The first kappa shape index (κ1) is 17.5. The lowest BCUT2D eigenvalue weighted by atomic mass is 9.81. The predicted molar refractivity (Wildman–Crippen MR) is 85.4 cm³/mol. The van der Waals surface area contributed by atoms with Crippen molar-refractivity contribution in [2.75, 3.05) is 6.54 Å². The lowest BCUT2D eigenvalue weighted by molar-refractivity contribution is -0.124. The largest absolute Gasteiger partial charge is 0.356 e. The third-order valence-corrected chi connectivity index (χ3v) is 4.64. The van der Waals surface area contributed by atoms with Crippen LogP contribution in [0.3, 0.4) is 0 Å². The molecule has 0 aromatic carbocycles. The van der Waals surface area contributed by atoms with E-state index in [-0.39, 0.29) is 17.9 Å². The minimum atomic E-state index is 0.124. The van der Waals surface area contributed by atoms with Crippen molar-refractivity contribution < 1.29 is 4.79 Å². The summed E-state index contributed by atoms with van der Waals surface area (Å²) in [5, 5.41) is 3.11. The maximum Gasteiger partial charge on any atom is 0.222 e. The molecule has 3 nitrogen and oxygen atoms in total. The molecule has 0 aliphatic heterocycles. The summed E-state index contributed by atoms with van der Waals surface area (Å²) in [6.07, 6.45) is 9.62. The van der Waals surface area contributed by atoms with Gasteiger partial charge in [-0.05, 0) is 44.4 Å². The smallest absolute Gasteiger partial charge is 0.222 e. The first-order valence-electron chi connectivity index (χ1n) is 8.52. The Morgan fingerprint density at radius 2 is 2.05 bits per heavy atom. The summed E-state index contributed by atoms with van der Waals surface area (Å²) in [6, 6.07) is 0.249. The zero-order valence-corrected chi connectivity index (χ0v) is 13.7. The molecule has 1 amide bonds. The van der Waals surface area contributed by atoms with Gasteiger partial charge in [0, 0.05) is 18.5 Å². The molecule has 4 atom stereocenters. The molecule has 4 unspecified atom stereocenters. The average molecular weight is 282 g/mol. The van der Waals surface area contributed by atoms with Gasteiger partial charge in [0.2, 0.25) is 5.91 Å². The second kappa shape index (κ2) is 9.38. The van der Waals surface area contributed by atoms with Crippen molar-refractivity contribution in [1.29, 1.82) is 0 Å². The topological polar surface area (TPSA) is 55.1 Å². The van der Waals surface area contributed by atoms with E-state index in [1.54, 1.807) is 0 Å². The number of carbonyl (C=O) groups is 1. The third kappa shape index (κ3) is 7.28. The normalized spacial score (nSPS) is 26.0. The molecule has 3 N–H and O–H groups in total. The second-order valence-corrected chi connectivity index (χ2v) is 7.03. The van der Waals surface area contributed by atoms with E-state index in [1.165, 1.54) is 25.7 Å². The van der Waals surface area contributed by atoms with Crippen molar-refractivity contribution in [2.45, 2.75) is 78.2 Å². The number of rotatable bonds is 8. The number of carbonyl (C=O) groups excluding carboxylic acids is 1. The van der Waals surface area contributed by atoms with E-state index < -0.39 is 0 Å². The van der Waals surface area contributed by atoms with Gasteiger partial charge in [0.05, 0.1) is 0 Å². The van der Waals surface area contributed by atoms with Gasteiger partial charge in [-0.1, -0.05) is 39.5 Å². The monoisotopic (exact) mass is 282 g/mol. The molecule has 0 heterocycles. The lowest BCUT2D eigenvalue weighted by Crippen LogP contribution is -2.31. The summed E-state index contributed by atoms with van der Waals surface area (Å²) in [5.41, 5.74) is 5.73. The van der Waals surface area contributed by atoms with E-state index >= 15 is 0 Å². The molecule has 1 aliphatic rings. The predicted octanol–water partition coefficient (Wildman–Crippen LogP) is 3.47. The van der Waals surface area contributed by atoms with Gasteiger partial charge in [-0.25, -0.2) is 0 Å². The Bertz CT molecular complexity index is 278. The molecule has 1 saturated carbocycles. The Kier molecular flexibility index (Phi) is 8.20. The van der Waals surface area contributed by atoms with E-state index in [2.05, 4.69) is 12.2 Å². The van der Waals surface area contributed by atoms with Crippen LogP contribution in [0.25, 0.3) is 0 Å². The van der Waals surface area contributed by atoms with E-state index in [0.29, 0.717) is 0 Å². The molecule has 1 rings (SSSR count). The highest BCUT2D eigenvalue weighted by atomic mass is 16.1. The van der Waals surface area contributed by atoms with Gasteiger partial charge < -0.3 is 11.1 Å². The van der Waals surface area contributed by atoms with Gasteiger partial charge in [-0.2, -0.15) is 0 Å². The van der Waals surface area contributed by atoms with Gasteiger partial charge in [-0.3, -0.25) is 4.79 Å². The van der Waals surface area contributed by atoms with Crippen molar-refractivity contribution in [3.05, 3.63) is 0 Å². The van der Waals surface area contributed by atoms with Gasteiger partial charge in [0.25, 0.3) is 0 Å². The van der Waals surface area contributed by atoms with Crippen molar-refractivity contribution in [3.8, 4) is 0 Å². The van der Waals surface area contributed by atoms with Gasteiger partial charge >= 0.3 is 0 Å². The maximum absolute atomic E-state index is 12.0. The number of nitrogens with one attached hydrogen (secondary N) is 1. The van der Waals surface area contributed by atoms with Crippen LogP contribution in [0.15, 0.2) is 0 Å². The Morgan fingerprint density at radius 1 is 1.30 bits per heavy atom. The summed E-state index contributed by atoms with van der Waals surface area (Å²) in [6.45, 7) is 7.26. The van der Waals surface area contributed by atoms with Crippen LogP contribution < -0.4 is 11.1 Å². The maximum atomic E-state index is 12.0. The van der Waals surface area contributed by atoms with E-state index in [9.17, 15) is 4.79 Å². The molecule has 3 heteroatoms. The molecular weight excluding hydrogens is 248 g/mol. The van der Waals surface area contributed by atoms with Crippen LogP contribution in [0.1, 0.15) is 72.1 Å². The van der Waals surface area contributed by atoms with Gasteiger partial charge in [-0.15, -0.1) is 0 Å². The first-order chi connectivity index (χ1) is 9.49. The molecule has 118 valence electrons. The molecule has 20 heavy (non-hydrogen) atoms. The fraction of sp³-hybridized carbons (Fsp3) is 0.941. The van der Waals surface area contributed by atoms with E-state index in [1.807, 2.05) is 13.8 Å². The average Bonchev–Trinajstić information content (AvgIpc) is 2.38. The fourth-order valence-corrected chi connectivity index (χ4v) is 3.27. The Morgan fingerprint density at radius 3 is 2.70 bits per heavy atom. The standard InChI is InChI=1S/C17H34N2O/c1-13-6-4-9-16(12-13)10-11-19-17(20)14(2)7-5-8-15(3)18/h13-16H,4-12,18H2,1-3H3,(H,19,20). The molecule has 0 aromatic heterocycles. The van der Waals surface area contributed by atoms with Crippen LogP contribution >= 0.6 is 0 Å². The van der Waals surface area contributed by atoms with Crippen LogP contribution in [-0.4, -0.2) is 18.5 Å². The van der Waals surface area contributed by atoms with Gasteiger partial charge in [0.1, 0.15) is 0 Å². The second-order valence-electron chi connectivity index (χ2n) is 7.03.